The normalized spacial score (nSPS) is 11.5. The zero-order valence-corrected chi connectivity index (χ0v) is 20.4. The Bertz CT molecular complexity index is 1610. The van der Waals surface area contributed by atoms with Crippen LogP contribution in [0.5, 0.6) is 0 Å². The van der Waals surface area contributed by atoms with Crippen molar-refractivity contribution in [3.05, 3.63) is 60.6 Å². The fourth-order valence-corrected chi connectivity index (χ4v) is 3.86. The average molecular weight is 522 g/mol. The molecule has 0 aliphatic heterocycles. The summed E-state index contributed by atoms with van der Waals surface area (Å²) in [6.07, 6.45) is -3.35. The molecule has 3 N–H and O–H groups in total. The number of H-pyrrole nitrogens is 1. The SMILES string of the molecule is CNc1nc(C)nc(-n2c(Nc3ccn[nH]3)nc3cc(-c4ccc(N(C)C(=O)C(F)(F)F)cc4)ccc32)n1. The number of fused-ring (bicyclic) bond motifs is 1. The Labute approximate surface area is 213 Å². The number of amides is 1. The number of hydrogen-bond acceptors (Lipinski definition) is 8. The lowest BCUT2D eigenvalue weighted by Crippen LogP contribution is -2.38. The minimum atomic E-state index is -4.95. The molecule has 0 unspecified atom stereocenters. The van der Waals surface area contributed by atoms with Crippen molar-refractivity contribution >= 4 is 40.3 Å². The largest absolute Gasteiger partial charge is 0.471 e. The minimum Gasteiger partial charge on any atom is -0.357 e. The van der Waals surface area contributed by atoms with E-state index in [9.17, 15) is 18.0 Å². The first kappa shape index (κ1) is 24.7. The zero-order valence-electron chi connectivity index (χ0n) is 20.4. The molecule has 11 nitrogen and oxygen atoms in total. The quantitative estimate of drug-likeness (QED) is 0.302. The van der Waals surface area contributed by atoms with Crippen LogP contribution in [0.4, 0.5) is 36.6 Å². The van der Waals surface area contributed by atoms with E-state index in [1.54, 1.807) is 42.9 Å². The van der Waals surface area contributed by atoms with Crippen LogP contribution in [-0.2, 0) is 4.79 Å². The molecule has 0 bridgehead atoms. The van der Waals surface area contributed by atoms with Crippen LogP contribution in [-0.4, -0.2) is 60.9 Å². The van der Waals surface area contributed by atoms with E-state index in [1.165, 1.54) is 12.1 Å². The summed E-state index contributed by atoms with van der Waals surface area (Å²) in [5.74, 6) is 0.350. The fourth-order valence-electron chi connectivity index (χ4n) is 3.86. The molecular formula is C24H21F3N10O. The van der Waals surface area contributed by atoms with Gasteiger partial charge in [0.2, 0.25) is 17.8 Å². The predicted octanol–water partition coefficient (Wildman–Crippen LogP) is 4.22. The van der Waals surface area contributed by atoms with Gasteiger partial charge in [-0.05, 0) is 42.3 Å². The maximum Gasteiger partial charge on any atom is 0.471 e. The van der Waals surface area contributed by atoms with Crippen LogP contribution < -0.4 is 15.5 Å². The lowest BCUT2D eigenvalue weighted by molar-refractivity contribution is -0.170. The molecule has 14 heteroatoms. The van der Waals surface area contributed by atoms with Gasteiger partial charge < -0.3 is 15.5 Å². The van der Waals surface area contributed by atoms with Gasteiger partial charge in [0, 0.05) is 25.8 Å². The van der Waals surface area contributed by atoms with E-state index in [0.717, 1.165) is 18.2 Å². The molecule has 0 saturated carbocycles. The summed E-state index contributed by atoms with van der Waals surface area (Å²) in [5, 5.41) is 12.9. The molecule has 5 rings (SSSR count). The zero-order chi connectivity index (χ0) is 27.0. The predicted molar refractivity (Wildman–Crippen MR) is 136 cm³/mol. The van der Waals surface area contributed by atoms with Gasteiger partial charge in [0.05, 0.1) is 17.2 Å². The van der Waals surface area contributed by atoms with Gasteiger partial charge in [-0.3, -0.25) is 9.89 Å². The Morgan fingerprint density at radius 3 is 2.39 bits per heavy atom. The molecular weight excluding hydrogens is 501 g/mol. The van der Waals surface area contributed by atoms with Gasteiger partial charge in [0.25, 0.3) is 0 Å². The number of anilines is 4. The van der Waals surface area contributed by atoms with Crippen LogP contribution in [0.15, 0.2) is 54.7 Å². The number of aryl methyl sites for hydroxylation is 1. The Hall–Kier alpha value is -5.01. The number of nitrogens with one attached hydrogen (secondary N) is 3. The molecule has 3 heterocycles. The number of imidazole rings is 1. The summed E-state index contributed by atoms with van der Waals surface area (Å²) in [6.45, 7) is 1.76. The highest BCUT2D eigenvalue weighted by Crippen LogP contribution is 2.31. The summed E-state index contributed by atoms with van der Waals surface area (Å²) in [5.41, 5.74) is 2.94. The van der Waals surface area contributed by atoms with Crippen LogP contribution in [0, 0.1) is 6.92 Å². The van der Waals surface area contributed by atoms with E-state index < -0.39 is 12.1 Å². The van der Waals surface area contributed by atoms with Gasteiger partial charge in [0.1, 0.15) is 11.6 Å². The Morgan fingerprint density at radius 2 is 1.74 bits per heavy atom. The number of aromatic amines is 1. The van der Waals surface area contributed by atoms with Crippen molar-refractivity contribution in [2.75, 3.05) is 29.6 Å². The Kier molecular flexibility index (Phi) is 6.14. The number of nitrogens with zero attached hydrogens (tertiary/aromatic N) is 7. The van der Waals surface area contributed by atoms with Crippen LogP contribution in [0.1, 0.15) is 5.82 Å². The summed E-state index contributed by atoms with van der Waals surface area (Å²) in [4.78, 5) is 30.1. The topological polar surface area (TPSA) is 130 Å². The second-order valence-electron chi connectivity index (χ2n) is 8.23. The van der Waals surface area contributed by atoms with Crippen molar-refractivity contribution in [1.29, 1.82) is 0 Å². The van der Waals surface area contributed by atoms with Crippen molar-refractivity contribution in [1.82, 2.24) is 34.7 Å². The first-order valence-corrected chi connectivity index (χ1v) is 11.3. The van der Waals surface area contributed by atoms with Crippen molar-refractivity contribution in [3.63, 3.8) is 0 Å². The van der Waals surface area contributed by atoms with Crippen LogP contribution in [0.2, 0.25) is 0 Å². The molecule has 0 saturated heterocycles. The van der Waals surface area contributed by atoms with E-state index >= 15 is 0 Å². The second-order valence-corrected chi connectivity index (χ2v) is 8.23. The van der Waals surface area contributed by atoms with Gasteiger partial charge in [-0.25, -0.2) is 9.55 Å². The van der Waals surface area contributed by atoms with E-state index in [-0.39, 0.29) is 5.69 Å². The molecule has 194 valence electrons. The summed E-state index contributed by atoms with van der Waals surface area (Å²) < 4.78 is 40.1. The standard InChI is InChI=1S/C24H21F3N10O/c1-13-30-21(28-2)34-22(31-13)37-18-9-6-15(12-17(18)32-23(37)33-19-10-11-29-35-19)14-4-7-16(8-5-14)36(3)20(38)24(25,26)27/h4-12H,1-3H3,(H,28,30,31,34)(H2,29,32,33,35). The average Bonchev–Trinajstić information content (AvgIpc) is 3.54. The summed E-state index contributed by atoms with van der Waals surface area (Å²) >= 11 is 0. The number of rotatable bonds is 6. The molecule has 0 spiro atoms. The van der Waals surface area contributed by atoms with E-state index in [2.05, 4.69) is 35.8 Å². The van der Waals surface area contributed by atoms with Crippen LogP contribution in [0.3, 0.4) is 0 Å². The van der Waals surface area contributed by atoms with E-state index in [4.69, 9.17) is 4.98 Å². The highest BCUT2D eigenvalue weighted by Gasteiger charge is 2.41. The molecule has 3 aromatic heterocycles. The molecule has 2 aromatic carbocycles. The first-order valence-electron chi connectivity index (χ1n) is 11.3. The highest BCUT2D eigenvalue weighted by atomic mass is 19.4. The van der Waals surface area contributed by atoms with Gasteiger partial charge in [0.15, 0.2) is 0 Å². The third kappa shape index (κ3) is 4.70. The molecule has 0 aliphatic rings. The Balaban J connectivity index is 1.55. The van der Waals surface area contributed by atoms with E-state index in [1.807, 2.05) is 18.2 Å². The van der Waals surface area contributed by atoms with Crippen molar-refractivity contribution in [3.8, 4) is 17.1 Å². The molecule has 0 fully saturated rings. The monoisotopic (exact) mass is 522 g/mol. The second kappa shape index (κ2) is 9.46. The lowest BCUT2D eigenvalue weighted by atomic mass is 10.0. The molecule has 38 heavy (non-hydrogen) atoms. The first-order chi connectivity index (χ1) is 18.1. The number of benzene rings is 2. The Morgan fingerprint density at radius 1 is 1.00 bits per heavy atom. The van der Waals surface area contributed by atoms with Gasteiger partial charge in [-0.1, -0.05) is 18.2 Å². The number of alkyl halides is 3. The van der Waals surface area contributed by atoms with Crippen molar-refractivity contribution in [2.24, 2.45) is 0 Å². The van der Waals surface area contributed by atoms with E-state index in [0.29, 0.717) is 45.4 Å². The maximum atomic E-state index is 12.8. The van der Waals surface area contributed by atoms with Gasteiger partial charge >= 0.3 is 12.1 Å². The minimum absolute atomic E-state index is 0.123. The van der Waals surface area contributed by atoms with Crippen molar-refractivity contribution < 1.29 is 18.0 Å². The number of aromatic nitrogens is 7. The van der Waals surface area contributed by atoms with Gasteiger partial charge in [-0.2, -0.15) is 33.2 Å². The highest BCUT2D eigenvalue weighted by molar-refractivity contribution is 5.97. The van der Waals surface area contributed by atoms with Crippen molar-refractivity contribution in [2.45, 2.75) is 13.1 Å². The molecule has 5 aromatic rings. The number of hydrogen-bond donors (Lipinski definition) is 3. The van der Waals surface area contributed by atoms with Gasteiger partial charge in [-0.15, -0.1) is 0 Å². The molecule has 0 atom stereocenters. The number of carbonyl (C=O) groups excluding carboxylic acids is 1. The smallest absolute Gasteiger partial charge is 0.357 e. The maximum absolute atomic E-state index is 12.8. The molecule has 0 radical (unpaired) electrons. The fraction of sp³-hybridized carbons (Fsp3) is 0.167. The summed E-state index contributed by atoms with van der Waals surface area (Å²) in [6, 6.07) is 13.5. The molecule has 1 amide bonds. The third-order valence-electron chi connectivity index (χ3n) is 5.70. The third-order valence-corrected chi connectivity index (χ3v) is 5.70. The lowest BCUT2D eigenvalue weighted by Gasteiger charge is -2.19. The molecule has 0 aliphatic carbocycles. The van der Waals surface area contributed by atoms with Crippen LogP contribution >= 0.6 is 0 Å². The number of carbonyl (C=O) groups is 1. The number of halogens is 3. The van der Waals surface area contributed by atoms with Crippen LogP contribution in [0.25, 0.3) is 28.1 Å². The summed E-state index contributed by atoms with van der Waals surface area (Å²) in [7, 11) is 2.79.